The fourth-order valence-electron chi connectivity index (χ4n) is 8.40. The number of phenolic OH excluding ortho intramolecular Hbond substituents is 1. The van der Waals surface area contributed by atoms with E-state index in [-0.39, 0.29) is 57.2 Å². The normalized spacial score (nSPS) is 15.8. The van der Waals surface area contributed by atoms with Crippen molar-refractivity contribution < 1.29 is 52.1 Å². The van der Waals surface area contributed by atoms with Crippen LogP contribution in [-0.4, -0.2) is 130 Å². The number of piperazine rings is 1. The lowest BCUT2D eigenvalue weighted by Crippen LogP contribution is -2.51. The molecule has 0 unspecified atom stereocenters. The zero-order valence-electron chi connectivity index (χ0n) is 36.2. The van der Waals surface area contributed by atoms with Crippen LogP contribution in [0.25, 0.3) is 44.5 Å². The van der Waals surface area contributed by atoms with Crippen LogP contribution in [0.3, 0.4) is 0 Å². The number of nitrogens with one attached hydrogen (secondary N) is 2. The summed E-state index contributed by atoms with van der Waals surface area (Å²) in [6.07, 6.45) is 2.86. The van der Waals surface area contributed by atoms with Crippen LogP contribution in [0.2, 0.25) is 0 Å². The number of carboxylic acid groups (broad SMARTS) is 1. The Balaban J connectivity index is 0.797. The first kappa shape index (κ1) is 46.3. The number of hydrogen-bond donors (Lipinski definition) is 4. The number of fused-ring (bicyclic) bond motifs is 2. The standard InChI is InChI=1S/C49H43F2N7O10/c50-49(51)23-31(24-52)58(28-49)44(62)27-55-47(64)35-12-13-53-25-40(35)29-2-7-34(8-3-29)67-19-1-14-56-15-17-57(18-16-56)43(61)26-54-46(63)30-4-9-36(48(65)66)39(20-30)45-37-10-5-32(59)21-41(37)68-42-22-33(60)6-11-38(42)45/h2-13,20-22,25,31,59H,1,14-19,23,26-28H2,(H,54,63)(H,55,64)(H,65,66)/t31-/m0/s1. The molecular formula is C49H43F2N7O10. The highest BCUT2D eigenvalue weighted by molar-refractivity contribution is 6.09. The van der Waals surface area contributed by atoms with Crippen LogP contribution in [0, 0.1) is 11.3 Å². The average Bonchev–Trinajstić information content (AvgIpc) is 3.67. The number of nitriles is 1. The Morgan fingerprint density at radius 3 is 2.35 bits per heavy atom. The number of rotatable bonds is 14. The minimum atomic E-state index is -3.17. The van der Waals surface area contributed by atoms with Crippen LogP contribution >= 0.6 is 0 Å². The van der Waals surface area contributed by atoms with Crippen molar-refractivity contribution >= 4 is 40.6 Å². The van der Waals surface area contributed by atoms with E-state index in [1.807, 2.05) is 0 Å². The van der Waals surface area contributed by atoms with Crippen molar-refractivity contribution in [3.05, 3.63) is 124 Å². The van der Waals surface area contributed by atoms with E-state index in [2.05, 4.69) is 20.5 Å². The van der Waals surface area contributed by atoms with Gasteiger partial charge in [0, 0.05) is 91.3 Å². The molecule has 0 saturated carbocycles. The van der Waals surface area contributed by atoms with E-state index in [1.165, 1.54) is 67.0 Å². The number of ether oxygens (including phenoxy) is 1. The van der Waals surface area contributed by atoms with Gasteiger partial charge in [-0.3, -0.25) is 33.9 Å². The van der Waals surface area contributed by atoms with E-state index in [0.717, 1.165) is 4.90 Å². The molecule has 0 spiro atoms. The summed E-state index contributed by atoms with van der Waals surface area (Å²) in [4.78, 5) is 85.8. The predicted molar refractivity (Wildman–Crippen MR) is 241 cm³/mol. The van der Waals surface area contributed by atoms with Gasteiger partial charge in [0.2, 0.25) is 11.8 Å². The summed E-state index contributed by atoms with van der Waals surface area (Å²) >= 11 is 0. The van der Waals surface area contributed by atoms with E-state index < -0.39 is 55.2 Å². The molecule has 1 aliphatic carbocycles. The third-order valence-electron chi connectivity index (χ3n) is 11.8. The molecule has 68 heavy (non-hydrogen) atoms. The van der Waals surface area contributed by atoms with Crippen LogP contribution in [0.1, 0.15) is 43.9 Å². The summed E-state index contributed by atoms with van der Waals surface area (Å²) in [5, 5.41) is 35.1. The highest BCUT2D eigenvalue weighted by atomic mass is 19.3. The molecule has 2 saturated heterocycles. The van der Waals surface area contributed by atoms with Crippen LogP contribution in [-0.2, 0) is 9.59 Å². The molecule has 4 amide bonds. The van der Waals surface area contributed by atoms with Crippen molar-refractivity contribution in [2.24, 2.45) is 0 Å². The van der Waals surface area contributed by atoms with Crippen molar-refractivity contribution in [2.45, 2.75) is 24.8 Å². The number of amides is 4. The van der Waals surface area contributed by atoms with Gasteiger partial charge in [0.15, 0.2) is 5.43 Å². The number of aromatic carboxylic acids is 1. The zero-order chi connectivity index (χ0) is 48.1. The fraction of sp³-hybridized carbons (Fsp3) is 0.265. The first-order valence-corrected chi connectivity index (χ1v) is 21.6. The zero-order valence-corrected chi connectivity index (χ0v) is 36.2. The molecule has 1 aromatic heterocycles. The van der Waals surface area contributed by atoms with Crippen molar-refractivity contribution in [1.29, 1.82) is 5.26 Å². The number of aromatic hydroxyl groups is 1. The molecule has 2 fully saturated rings. The molecule has 4 N–H and O–H groups in total. The second-order valence-electron chi connectivity index (χ2n) is 16.3. The lowest BCUT2D eigenvalue weighted by Gasteiger charge is -2.34. The molecule has 8 rings (SSSR count). The van der Waals surface area contributed by atoms with Gasteiger partial charge in [-0.2, -0.15) is 5.26 Å². The molecule has 19 heteroatoms. The van der Waals surface area contributed by atoms with Crippen molar-refractivity contribution in [3.8, 4) is 51.1 Å². The van der Waals surface area contributed by atoms with Gasteiger partial charge in [-0.15, -0.1) is 0 Å². The Hall–Kier alpha value is -8.24. The number of hydrogen-bond acceptors (Lipinski definition) is 12. The summed E-state index contributed by atoms with van der Waals surface area (Å²) in [5.41, 5.74) is 2.16. The summed E-state index contributed by atoms with van der Waals surface area (Å²) in [7, 11) is 0. The number of carboxylic acids is 1. The second-order valence-corrected chi connectivity index (χ2v) is 16.3. The molecule has 1 atom stereocenters. The third-order valence-corrected chi connectivity index (χ3v) is 11.8. The molecule has 4 heterocycles. The Kier molecular flexibility index (Phi) is 13.4. The molecule has 0 radical (unpaired) electrons. The Labute approximate surface area is 386 Å². The van der Waals surface area contributed by atoms with Crippen molar-refractivity contribution in [2.75, 3.05) is 59.0 Å². The first-order chi connectivity index (χ1) is 32.7. The van der Waals surface area contributed by atoms with Gasteiger partial charge in [-0.25, -0.2) is 13.6 Å². The maximum Gasteiger partial charge on any atom is 0.336 e. The van der Waals surface area contributed by atoms with E-state index in [0.29, 0.717) is 79.1 Å². The fourth-order valence-corrected chi connectivity index (χ4v) is 8.40. The number of carbonyl (C=O) groups is 5. The average molecular weight is 928 g/mol. The number of aromatic nitrogens is 1. The molecule has 0 bridgehead atoms. The number of alkyl halides is 2. The third kappa shape index (κ3) is 10.2. The summed E-state index contributed by atoms with van der Waals surface area (Å²) in [5.74, 6) is -6.04. The van der Waals surface area contributed by atoms with Crippen LogP contribution in [0.4, 0.5) is 8.78 Å². The largest absolute Gasteiger partial charge is 0.508 e. The minimum absolute atomic E-state index is 0.103. The quantitative estimate of drug-likeness (QED) is 0.0845. The first-order valence-electron chi connectivity index (χ1n) is 21.6. The summed E-state index contributed by atoms with van der Waals surface area (Å²) < 4.78 is 39.5. The van der Waals surface area contributed by atoms with Gasteiger partial charge in [0.05, 0.1) is 43.4 Å². The van der Waals surface area contributed by atoms with E-state index in [4.69, 9.17) is 9.15 Å². The number of carbonyl (C=O) groups excluding carboxylic acids is 4. The molecule has 4 aliphatic rings. The van der Waals surface area contributed by atoms with E-state index in [9.17, 15) is 53.0 Å². The molecule has 17 nitrogen and oxygen atoms in total. The van der Waals surface area contributed by atoms with Crippen LogP contribution < -0.4 is 20.8 Å². The summed E-state index contributed by atoms with van der Waals surface area (Å²) in [6.45, 7) is 1.49. The number of benzene rings is 4. The molecule has 4 aromatic rings. The van der Waals surface area contributed by atoms with Crippen molar-refractivity contribution in [3.63, 3.8) is 0 Å². The van der Waals surface area contributed by atoms with Crippen LogP contribution in [0.5, 0.6) is 11.5 Å². The number of phenols is 1. The Bertz CT molecular complexity index is 3000. The highest BCUT2D eigenvalue weighted by Crippen LogP contribution is 2.42. The Morgan fingerprint density at radius 1 is 0.853 bits per heavy atom. The molecule has 348 valence electrons. The smallest absolute Gasteiger partial charge is 0.336 e. The minimum Gasteiger partial charge on any atom is -0.508 e. The number of halogens is 2. The van der Waals surface area contributed by atoms with Gasteiger partial charge in [-0.05, 0) is 78.2 Å². The van der Waals surface area contributed by atoms with Gasteiger partial charge < -0.3 is 39.8 Å². The lowest BCUT2D eigenvalue weighted by atomic mass is 9.89. The maximum atomic E-state index is 13.8. The maximum absolute atomic E-state index is 13.8. The SMILES string of the molecule is N#C[C@@H]1CC(F)(F)CN1C(=O)CNC(=O)c1ccncc1-c1ccc(OCCCN2CCN(C(=O)CNC(=O)c3ccc(C(=O)O)c(-c4c5ccc(=O)cc-5oc5cc(O)ccc45)c3)CC2)cc1. The Morgan fingerprint density at radius 2 is 1.60 bits per heavy atom. The topological polar surface area (TPSA) is 236 Å². The van der Waals surface area contributed by atoms with E-state index >= 15 is 0 Å². The van der Waals surface area contributed by atoms with Gasteiger partial charge >= 0.3 is 5.97 Å². The second kappa shape index (κ2) is 19.7. The van der Waals surface area contributed by atoms with Gasteiger partial charge in [0.1, 0.15) is 28.9 Å². The summed E-state index contributed by atoms with van der Waals surface area (Å²) in [6, 6.07) is 21.4. The number of pyridine rings is 1. The monoisotopic (exact) mass is 927 g/mol. The molecule has 3 aromatic carbocycles. The lowest BCUT2D eigenvalue weighted by molar-refractivity contribution is -0.132. The van der Waals surface area contributed by atoms with Gasteiger partial charge in [0.25, 0.3) is 17.7 Å². The number of likely N-dealkylation sites (tertiary alicyclic amines) is 1. The van der Waals surface area contributed by atoms with Crippen LogP contribution in [0.15, 0.2) is 107 Å². The molecule has 3 aliphatic heterocycles. The van der Waals surface area contributed by atoms with Gasteiger partial charge in [-0.1, -0.05) is 12.1 Å². The highest BCUT2D eigenvalue weighted by Gasteiger charge is 2.47. The predicted octanol–water partition coefficient (Wildman–Crippen LogP) is 4.86. The number of nitrogens with zero attached hydrogens (tertiary/aromatic N) is 5. The van der Waals surface area contributed by atoms with Crippen molar-refractivity contribution in [1.82, 2.24) is 30.3 Å². The molecular weight excluding hydrogens is 885 g/mol. The van der Waals surface area contributed by atoms with E-state index in [1.54, 1.807) is 41.3 Å².